The number of hydrogen-bond donors (Lipinski definition) is 1. The SMILES string of the molecule is OC1COC2C1OCC2n1cc(-c2ccccn2)nn1. The van der Waals surface area contributed by atoms with Gasteiger partial charge in [0.15, 0.2) is 0 Å². The average Bonchev–Trinajstić information content (AvgIpc) is 3.18. The number of aliphatic hydroxyl groups excluding tert-OH is 1. The van der Waals surface area contributed by atoms with Crippen molar-refractivity contribution in [3.05, 3.63) is 30.6 Å². The number of hydrogen-bond acceptors (Lipinski definition) is 6. The second-order valence-electron chi connectivity index (χ2n) is 5.03. The van der Waals surface area contributed by atoms with Crippen molar-refractivity contribution in [3.8, 4) is 11.4 Å². The number of ether oxygens (including phenoxy) is 2. The van der Waals surface area contributed by atoms with Crippen molar-refractivity contribution in [3.63, 3.8) is 0 Å². The molecule has 4 rings (SSSR count). The summed E-state index contributed by atoms with van der Waals surface area (Å²) in [4.78, 5) is 4.25. The van der Waals surface area contributed by atoms with Gasteiger partial charge in [-0.05, 0) is 12.1 Å². The van der Waals surface area contributed by atoms with Crippen LogP contribution in [0.1, 0.15) is 6.04 Å². The summed E-state index contributed by atoms with van der Waals surface area (Å²) >= 11 is 0. The van der Waals surface area contributed by atoms with Gasteiger partial charge in [-0.25, -0.2) is 4.68 Å². The van der Waals surface area contributed by atoms with E-state index in [1.165, 1.54) is 0 Å². The molecule has 0 saturated carbocycles. The lowest BCUT2D eigenvalue weighted by Crippen LogP contribution is -2.30. The molecule has 2 aliphatic rings. The molecule has 0 aromatic carbocycles. The van der Waals surface area contributed by atoms with Crippen LogP contribution in [-0.2, 0) is 9.47 Å². The van der Waals surface area contributed by atoms with E-state index in [0.717, 1.165) is 5.69 Å². The minimum Gasteiger partial charge on any atom is -0.388 e. The molecule has 7 nitrogen and oxygen atoms in total. The molecule has 0 radical (unpaired) electrons. The maximum absolute atomic E-state index is 9.74. The third kappa shape index (κ3) is 1.82. The lowest BCUT2D eigenvalue weighted by Gasteiger charge is -2.15. The second kappa shape index (κ2) is 4.62. The zero-order chi connectivity index (χ0) is 13.5. The molecular formula is C13H14N4O3. The lowest BCUT2D eigenvalue weighted by atomic mass is 10.1. The molecule has 2 aliphatic heterocycles. The highest BCUT2D eigenvalue weighted by molar-refractivity contribution is 5.51. The maximum atomic E-state index is 9.74. The normalized spacial score (nSPS) is 32.5. The second-order valence-corrected chi connectivity index (χ2v) is 5.03. The van der Waals surface area contributed by atoms with E-state index < -0.39 is 6.10 Å². The molecule has 4 heterocycles. The Morgan fingerprint density at radius 1 is 1.15 bits per heavy atom. The molecule has 0 amide bonds. The monoisotopic (exact) mass is 274 g/mol. The maximum Gasteiger partial charge on any atom is 0.131 e. The van der Waals surface area contributed by atoms with Crippen molar-refractivity contribution in [1.82, 2.24) is 20.0 Å². The topological polar surface area (TPSA) is 82.3 Å². The number of fused-ring (bicyclic) bond motifs is 1. The van der Waals surface area contributed by atoms with Crippen LogP contribution < -0.4 is 0 Å². The van der Waals surface area contributed by atoms with Crippen LogP contribution in [0.5, 0.6) is 0 Å². The van der Waals surface area contributed by atoms with Gasteiger partial charge >= 0.3 is 0 Å². The number of rotatable bonds is 2. The highest BCUT2D eigenvalue weighted by Crippen LogP contribution is 2.34. The summed E-state index contributed by atoms with van der Waals surface area (Å²) in [6.07, 6.45) is 2.58. The number of aromatic nitrogens is 4. The van der Waals surface area contributed by atoms with E-state index in [1.54, 1.807) is 10.9 Å². The highest BCUT2D eigenvalue weighted by Gasteiger charge is 2.48. The van der Waals surface area contributed by atoms with Gasteiger partial charge in [0.05, 0.1) is 25.1 Å². The van der Waals surface area contributed by atoms with Crippen LogP contribution in [0.2, 0.25) is 0 Å². The molecule has 2 fully saturated rings. The van der Waals surface area contributed by atoms with Crippen molar-refractivity contribution in [2.24, 2.45) is 0 Å². The molecule has 0 bridgehead atoms. The summed E-state index contributed by atoms with van der Waals surface area (Å²) in [5.74, 6) is 0. The van der Waals surface area contributed by atoms with Crippen LogP contribution in [0.15, 0.2) is 30.6 Å². The Bertz CT molecular complexity index is 603. The first kappa shape index (κ1) is 12.0. The minimum atomic E-state index is -0.552. The van der Waals surface area contributed by atoms with Crippen LogP contribution in [0, 0.1) is 0 Å². The molecule has 0 aliphatic carbocycles. The third-order valence-corrected chi connectivity index (χ3v) is 3.78. The molecule has 2 aromatic heterocycles. The van der Waals surface area contributed by atoms with Gasteiger partial charge in [-0.3, -0.25) is 4.98 Å². The van der Waals surface area contributed by atoms with Crippen LogP contribution in [0.25, 0.3) is 11.4 Å². The molecular weight excluding hydrogens is 260 g/mol. The predicted octanol–water partition coefficient (Wildman–Crippen LogP) is 0.0397. The number of aliphatic hydroxyl groups is 1. The van der Waals surface area contributed by atoms with Gasteiger partial charge in [-0.2, -0.15) is 0 Å². The first-order valence-corrected chi connectivity index (χ1v) is 6.57. The first-order valence-electron chi connectivity index (χ1n) is 6.57. The molecule has 1 N–H and O–H groups in total. The van der Waals surface area contributed by atoms with Gasteiger partial charge in [0.2, 0.25) is 0 Å². The van der Waals surface area contributed by atoms with E-state index in [4.69, 9.17) is 9.47 Å². The summed E-state index contributed by atoms with van der Waals surface area (Å²) < 4.78 is 12.9. The van der Waals surface area contributed by atoms with E-state index in [9.17, 15) is 5.11 Å². The highest BCUT2D eigenvalue weighted by atomic mass is 16.6. The van der Waals surface area contributed by atoms with Crippen molar-refractivity contribution < 1.29 is 14.6 Å². The van der Waals surface area contributed by atoms with E-state index in [1.807, 2.05) is 24.4 Å². The van der Waals surface area contributed by atoms with Gasteiger partial charge in [-0.1, -0.05) is 11.3 Å². The van der Waals surface area contributed by atoms with E-state index in [-0.39, 0.29) is 18.2 Å². The van der Waals surface area contributed by atoms with Gasteiger partial charge < -0.3 is 14.6 Å². The zero-order valence-corrected chi connectivity index (χ0v) is 10.7. The first-order chi connectivity index (χ1) is 9.83. The van der Waals surface area contributed by atoms with Gasteiger partial charge in [0, 0.05) is 6.20 Å². The Labute approximate surface area is 115 Å². The van der Waals surface area contributed by atoms with E-state index in [0.29, 0.717) is 18.9 Å². The molecule has 4 unspecified atom stereocenters. The fourth-order valence-corrected chi connectivity index (χ4v) is 2.76. The Hall–Kier alpha value is -1.83. The minimum absolute atomic E-state index is 0.0536. The van der Waals surface area contributed by atoms with Gasteiger partial charge in [0.1, 0.15) is 30.0 Å². The van der Waals surface area contributed by atoms with Crippen LogP contribution in [-0.4, -0.2) is 56.6 Å². The average molecular weight is 274 g/mol. The van der Waals surface area contributed by atoms with Crippen LogP contribution >= 0.6 is 0 Å². The lowest BCUT2D eigenvalue weighted by molar-refractivity contribution is 0.0169. The van der Waals surface area contributed by atoms with Gasteiger partial charge in [-0.15, -0.1) is 5.10 Å². The summed E-state index contributed by atoms with van der Waals surface area (Å²) in [5.41, 5.74) is 1.49. The molecule has 7 heteroatoms. The van der Waals surface area contributed by atoms with Gasteiger partial charge in [0.25, 0.3) is 0 Å². The molecule has 0 spiro atoms. The summed E-state index contributed by atoms with van der Waals surface area (Å²) in [6.45, 7) is 0.783. The van der Waals surface area contributed by atoms with Crippen molar-refractivity contribution in [2.75, 3.05) is 13.2 Å². The molecule has 20 heavy (non-hydrogen) atoms. The van der Waals surface area contributed by atoms with Crippen LogP contribution in [0.4, 0.5) is 0 Å². The zero-order valence-electron chi connectivity index (χ0n) is 10.7. The van der Waals surface area contributed by atoms with Crippen molar-refractivity contribution in [2.45, 2.75) is 24.4 Å². The molecule has 2 aromatic rings. The van der Waals surface area contributed by atoms with Crippen molar-refractivity contribution in [1.29, 1.82) is 0 Å². The number of pyridine rings is 1. The third-order valence-electron chi connectivity index (χ3n) is 3.78. The fourth-order valence-electron chi connectivity index (χ4n) is 2.76. The fraction of sp³-hybridized carbons (Fsp3) is 0.462. The van der Waals surface area contributed by atoms with Crippen molar-refractivity contribution >= 4 is 0 Å². The van der Waals surface area contributed by atoms with Crippen LogP contribution in [0.3, 0.4) is 0 Å². The molecule has 2 saturated heterocycles. The largest absolute Gasteiger partial charge is 0.388 e. The Kier molecular flexibility index (Phi) is 2.76. The Morgan fingerprint density at radius 3 is 2.90 bits per heavy atom. The molecule has 104 valence electrons. The summed E-state index contributed by atoms with van der Waals surface area (Å²) in [6, 6.07) is 5.60. The molecule has 4 atom stereocenters. The standard InChI is InChI=1S/C13H14N4O3/c18-11-7-20-12-10(6-19-13(11)12)17-5-9(15-16-17)8-3-1-2-4-14-8/h1-5,10-13,18H,6-7H2. The summed E-state index contributed by atoms with van der Waals surface area (Å²) in [7, 11) is 0. The Balaban J connectivity index is 1.60. The Morgan fingerprint density at radius 2 is 2.05 bits per heavy atom. The predicted molar refractivity (Wildman–Crippen MR) is 67.8 cm³/mol. The van der Waals surface area contributed by atoms with E-state index in [2.05, 4.69) is 15.3 Å². The smallest absolute Gasteiger partial charge is 0.131 e. The quantitative estimate of drug-likeness (QED) is 0.832. The number of nitrogens with zero attached hydrogens (tertiary/aromatic N) is 4. The van der Waals surface area contributed by atoms with E-state index >= 15 is 0 Å². The summed E-state index contributed by atoms with van der Waals surface area (Å²) in [5, 5.41) is 18.0.